The van der Waals surface area contributed by atoms with Gasteiger partial charge in [0, 0.05) is 17.5 Å². The lowest BCUT2D eigenvalue weighted by Gasteiger charge is -2.06. The SMILES string of the molecule is COc1cccc(-c2nn(-c3ccccc3)cc2C(=O)Nc2cccc(C)n2)c1. The Kier molecular flexibility index (Phi) is 5.07. The second-order valence-electron chi connectivity index (χ2n) is 6.52. The Hall–Kier alpha value is -3.93. The van der Waals surface area contributed by atoms with Gasteiger partial charge < -0.3 is 10.1 Å². The van der Waals surface area contributed by atoms with Crippen molar-refractivity contribution in [2.75, 3.05) is 12.4 Å². The third-order valence-corrected chi connectivity index (χ3v) is 4.45. The molecule has 0 unspecified atom stereocenters. The molecule has 2 heterocycles. The summed E-state index contributed by atoms with van der Waals surface area (Å²) >= 11 is 0. The van der Waals surface area contributed by atoms with Gasteiger partial charge in [0.2, 0.25) is 0 Å². The zero-order chi connectivity index (χ0) is 20.2. The fraction of sp³-hybridized carbons (Fsp3) is 0.0870. The van der Waals surface area contributed by atoms with Gasteiger partial charge in [-0.15, -0.1) is 0 Å². The first-order valence-electron chi connectivity index (χ1n) is 9.18. The van der Waals surface area contributed by atoms with Crippen LogP contribution >= 0.6 is 0 Å². The minimum absolute atomic E-state index is 0.275. The van der Waals surface area contributed by atoms with Crippen LogP contribution in [0.3, 0.4) is 0 Å². The topological polar surface area (TPSA) is 69.0 Å². The summed E-state index contributed by atoms with van der Waals surface area (Å²) in [6.45, 7) is 1.88. The number of carbonyl (C=O) groups excluding carboxylic acids is 1. The summed E-state index contributed by atoms with van der Waals surface area (Å²) in [7, 11) is 1.61. The summed E-state index contributed by atoms with van der Waals surface area (Å²) in [5.74, 6) is 0.922. The number of amides is 1. The summed E-state index contributed by atoms with van der Waals surface area (Å²) in [5.41, 5.74) is 3.50. The molecule has 4 aromatic rings. The van der Waals surface area contributed by atoms with E-state index in [4.69, 9.17) is 4.74 Å². The van der Waals surface area contributed by atoms with Gasteiger partial charge in [-0.3, -0.25) is 4.79 Å². The summed E-state index contributed by atoms with van der Waals surface area (Å²) in [6, 6.07) is 22.7. The molecule has 144 valence electrons. The quantitative estimate of drug-likeness (QED) is 0.550. The van der Waals surface area contributed by atoms with E-state index in [0.717, 1.165) is 16.9 Å². The highest BCUT2D eigenvalue weighted by Crippen LogP contribution is 2.27. The molecule has 0 radical (unpaired) electrons. The molecule has 2 aromatic carbocycles. The van der Waals surface area contributed by atoms with Gasteiger partial charge in [0.15, 0.2) is 0 Å². The zero-order valence-corrected chi connectivity index (χ0v) is 16.2. The van der Waals surface area contributed by atoms with Gasteiger partial charge in [0.05, 0.1) is 18.4 Å². The summed E-state index contributed by atoms with van der Waals surface area (Å²) in [6.07, 6.45) is 1.73. The maximum absolute atomic E-state index is 13.1. The Bertz CT molecular complexity index is 1150. The van der Waals surface area contributed by atoms with Crippen molar-refractivity contribution < 1.29 is 9.53 Å². The number of hydrogen-bond donors (Lipinski definition) is 1. The van der Waals surface area contributed by atoms with Crippen LogP contribution in [0.4, 0.5) is 5.82 Å². The number of benzene rings is 2. The summed E-state index contributed by atoms with van der Waals surface area (Å²) in [5, 5.41) is 7.55. The highest BCUT2D eigenvalue weighted by Gasteiger charge is 2.19. The van der Waals surface area contributed by atoms with Crippen LogP contribution in [0.15, 0.2) is 79.0 Å². The molecule has 0 saturated heterocycles. The number of nitrogens with one attached hydrogen (secondary N) is 1. The first-order valence-corrected chi connectivity index (χ1v) is 9.18. The number of aromatic nitrogens is 3. The molecule has 0 spiro atoms. The minimum atomic E-state index is -0.275. The van der Waals surface area contributed by atoms with Crippen molar-refractivity contribution in [2.45, 2.75) is 6.92 Å². The normalized spacial score (nSPS) is 10.6. The van der Waals surface area contributed by atoms with Gasteiger partial charge in [-0.05, 0) is 43.3 Å². The Labute approximate surface area is 168 Å². The average Bonchev–Trinajstić information content (AvgIpc) is 3.20. The molecule has 0 fully saturated rings. The smallest absolute Gasteiger partial charge is 0.260 e. The van der Waals surface area contributed by atoms with Gasteiger partial charge in [0.25, 0.3) is 5.91 Å². The van der Waals surface area contributed by atoms with Crippen molar-refractivity contribution in [2.24, 2.45) is 0 Å². The van der Waals surface area contributed by atoms with E-state index in [-0.39, 0.29) is 5.91 Å². The van der Waals surface area contributed by atoms with Crippen molar-refractivity contribution in [1.82, 2.24) is 14.8 Å². The Morgan fingerprint density at radius 2 is 1.79 bits per heavy atom. The number of hydrogen-bond acceptors (Lipinski definition) is 4. The monoisotopic (exact) mass is 384 g/mol. The van der Waals surface area contributed by atoms with Crippen molar-refractivity contribution in [3.8, 4) is 22.7 Å². The van der Waals surface area contributed by atoms with Crippen molar-refractivity contribution in [3.63, 3.8) is 0 Å². The predicted molar refractivity (Wildman–Crippen MR) is 112 cm³/mol. The molecule has 1 N–H and O–H groups in total. The van der Waals surface area contributed by atoms with E-state index in [0.29, 0.717) is 22.8 Å². The second kappa shape index (κ2) is 7.98. The molecule has 6 nitrogen and oxygen atoms in total. The van der Waals surface area contributed by atoms with E-state index in [1.54, 1.807) is 24.1 Å². The Morgan fingerprint density at radius 1 is 1.00 bits per heavy atom. The average molecular weight is 384 g/mol. The van der Waals surface area contributed by atoms with E-state index in [1.165, 1.54) is 0 Å². The van der Waals surface area contributed by atoms with Crippen LogP contribution in [0.5, 0.6) is 5.75 Å². The van der Waals surface area contributed by atoms with E-state index < -0.39 is 0 Å². The fourth-order valence-electron chi connectivity index (χ4n) is 3.03. The van der Waals surface area contributed by atoms with Crippen LogP contribution in [0.25, 0.3) is 16.9 Å². The van der Waals surface area contributed by atoms with Gasteiger partial charge in [-0.2, -0.15) is 5.10 Å². The maximum atomic E-state index is 13.1. The predicted octanol–water partition coefficient (Wildman–Crippen LogP) is 4.50. The molecule has 0 bridgehead atoms. The van der Waals surface area contributed by atoms with E-state index in [1.807, 2.05) is 73.7 Å². The highest BCUT2D eigenvalue weighted by molar-refractivity contribution is 6.07. The standard InChI is InChI=1S/C23H20N4O2/c1-16-8-6-13-21(24-16)25-23(28)20-15-27(18-10-4-3-5-11-18)26-22(20)17-9-7-12-19(14-17)29-2/h3-15H,1-2H3,(H,24,25,28). The summed E-state index contributed by atoms with van der Waals surface area (Å²) in [4.78, 5) is 17.4. The third kappa shape index (κ3) is 4.01. The molecule has 29 heavy (non-hydrogen) atoms. The number of rotatable bonds is 5. The van der Waals surface area contributed by atoms with E-state index >= 15 is 0 Å². The number of para-hydroxylation sites is 1. The van der Waals surface area contributed by atoms with Crippen LogP contribution in [0.1, 0.15) is 16.1 Å². The molecule has 0 aliphatic heterocycles. The van der Waals surface area contributed by atoms with Crippen molar-refractivity contribution in [1.29, 1.82) is 0 Å². The molecule has 0 aliphatic carbocycles. The van der Waals surface area contributed by atoms with Crippen LogP contribution < -0.4 is 10.1 Å². The molecule has 0 aliphatic rings. The lowest BCUT2D eigenvalue weighted by atomic mass is 10.1. The Balaban J connectivity index is 1.78. The van der Waals surface area contributed by atoms with Gasteiger partial charge in [-0.1, -0.05) is 36.4 Å². The van der Waals surface area contributed by atoms with Crippen molar-refractivity contribution >= 4 is 11.7 Å². The molecule has 0 atom stereocenters. The molecule has 4 rings (SSSR count). The first-order chi connectivity index (χ1) is 14.1. The molecular weight excluding hydrogens is 364 g/mol. The van der Waals surface area contributed by atoms with E-state index in [9.17, 15) is 4.79 Å². The van der Waals surface area contributed by atoms with E-state index in [2.05, 4.69) is 15.4 Å². The molecule has 1 amide bonds. The minimum Gasteiger partial charge on any atom is -0.497 e. The number of anilines is 1. The number of nitrogens with zero attached hydrogens (tertiary/aromatic N) is 3. The third-order valence-electron chi connectivity index (χ3n) is 4.45. The van der Waals surface area contributed by atoms with Gasteiger partial charge in [-0.25, -0.2) is 9.67 Å². The second-order valence-corrected chi connectivity index (χ2v) is 6.52. The van der Waals surface area contributed by atoms with Crippen LogP contribution in [0, 0.1) is 6.92 Å². The molecule has 6 heteroatoms. The molecular formula is C23H20N4O2. The number of pyridine rings is 1. The van der Waals surface area contributed by atoms with Crippen LogP contribution in [-0.4, -0.2) is 27.8 Å². The first kappa shape index (κ1) is 18.4. The number of aryl methyl sites for hydroxylation is 1. The lowest BCUT2D eigenvalue weighted by molar-refractivity contribution is 0.102. The zero-order valence-electron chi connectivity index (χ0n) is 16.2. The van der Waals surface area contributed by atoms with Crippen molar-refractivity contribution in [3.05, 3.63) is 90.3 Å². The molecule has 0 saturated carbocycles. The highest BCUT2D eigenvalue weighted by atomic mass is 16.5. The van der Waals surface area contributed by atoms with Gasteiger partial charge >= 0.3 is 0 Å². The maximum Gasteiger partial charge on any atom is 0.260 e. The van der Waals surface area contributed by atoms with Crippen LogP contribution in [0.2, 0.25) is 0 Å². The lowest BCUT2D eigenvalue weighted by Crippen LogP contribution is -2.13. The van der Waals surface area contributed by atoms with Crippen LogP contribution in [-0.2, 0) is 0 Å². The summed E-state index contributed by atoms with van der Waals surface area (Å²) < 4.78 is 7.03. The number of carbonyl (C=O) groups is 1. The largest absolute Gasteiger partial charge is 0.497 e. The number of ether oxygens (including phenoxy) is 1. The van der Waals surface area contributed by atoms with Gasteiger partial charge in [0.1, 0.15) is 17.3 Å². The molecule has 2 aromatic heterocycles. The number of methoxy groups -OCH3 is 1. The Morgan fingerprint density at radius 3 is 2.55 bits per heavy atom. The fourth-order valence-corrected chi connectivity index (χ4v) is 3.03.